The Morgan fingerprint density at radius 1 is 1.40 bits per heavy atom. The molecule has 0 unspecified atom stereocenters. The molecule has 0 aromatic heterocycles. The molecule has 1 aromatic carbocycles. The van der Waals surface area contributed by atoms with Gasteiger partial charge in [-0.2, -0.15) is 0 Å². The van der Waals surface area contributed by atoms with Crippen LogP contribution in [0.15, 0.2) is 29.2 Å². The quantitative estimate of drug-likeness (QED) is 0.548. The van der Waals surface area contributed by atoms with Gasteiger partial charge in [-0.15, -0.1) is 11.8 Å². The maximum absolute atomic E-state index is 2.28. The van der Waals surface area contributed by atoms with Crippen LogP contribution in [0, 0.1) is 0 Å². The van der Waals surface area contributed by atoms with Gasteiger partial charge in [0.15, 0.2) is 0 Å². The number of thioether (sulfide) groups is 1. The fourth-order valence-corrected chi connectivity index (χ4v) is 2.51. The molecule has 0 nitrogen and oxygen atoms in total. The molecular formula is C9H10S. The molecular weight excluding hydrogens is 140 g/mol. The summed E-state index contributed by atoms with van der Waals surface area (Å²) in [5.74, 6) is 0. The van der Waals surface area contributed by atoms with Crippen LogP contribution in [0.1, 0.15) is 12.5 Å². The first-order valence-corrected chi connectivity index (χ1v) is 4.49. The van der Waals surface area contributed by atoms with Crippen LogP contribution < -0.4 is 0 Å². The lowest BCUT2D eigenvalue weighted by Crippen LogP contribution is -1.90. The zero-order valence-corrected chi connectivity index (χ0v) is 6.82. The van der Waals surface area contributed by atoms with Gasteiger partial charge in [-0.3, -0.25) is 0 Å². The third kappa shape index (κ3) is 0.948. The van der Waals surface area contributed by atoms with E-state index in [1.807, 2.05) is 11.8 Å². The van der Waals surface area contributed by atoms with Crippen LogP contribution in [0.3, 0.4) is 0 Å². The van der Waals surface area contributed by atoms with Crippen molar-refractivity contribution in [2.24, 2.45) is 0 Å². The third-order valence-electron chi connectivity index (χ3n) is 1.81. The SMILES string of the molecule is C[C@H]1Cc2ccccc2S1. The number of fused-ring (bicyclic) bond motifs is 1. The second kappa shape index (κ2) is 2.31. The molecule has 0 fully saturated rings. The average Bonchev–Trinajstić information content (AvgIpc) is 2.27. The highest BCUT2D eigenvalue weighted by Gasteiger charge is 2.16. The summed E-state index contributed by atoms with van der Waals surface area (Å²) in [7, 11) is 0. The summed E-state index contributed by atoms with van der Waals surface area (Å²) < 4.78 is 0. The first-order valence-electron chi connectivity index (χ1n) is 3.61. The lowest BCUT2D eigenvalue weighted by Gasteiger charge is -1.93. The molecule has 1 heterocycles. The Morgan fingerprint density at radius 2 is 2.20 bits per heavy atom. The van der Waals surface area contributed by atoms with Gasteiger partial charge in [0.2, 0.25) is 0 Å². The molecule has 0 bridgehead atoms. The molecule has 2 rings (SSSR count). The molecule has 0 radical (unpaired) electrons. The zero-order chi connectivity index (χ0) is 6.97. The van der Waals surface area contributed by atoms with Crippen LogP contribution in [0.4, 0.5) is 0 Å². The minimum atomic E-state index is 0.789. The van der Waals surface area contributed by atoms with Crippen molar-refractivity contribution >= 4 is 11.8 Å². The van der Waals surface area contributed by atoms with Crippen molar-refractivity contribution in [3.63, 3.8) is 0 Å². The Labute approximate surface area is 65.6 Å². The Bertz CT molecular complexity index is 217. The zero-order valence-electron chi connectivity index (χ0n) is 6.00. The minimum Gasteiger partial charge on any atom is -0.122 e. The van der Waals surface area contributed by atoms with Crippen LogP contribution in [0.25, 0.3) is 0 Å². The van der Waals surface area contributed by atoms with Crippen molar-refractivity contribution in [3.8, 4) is 0 Å². The molecule has 0 N–H and O–H groups in total. The van der Waals surface area contributed by atoms with Crippen LogP contribution in [-0.4, -0.2) is 5.25 Å². The maximum atomic E-state index is 2.28. The van der Waals surface area contributed by atoms with E-state index in [1.54, 1.807) is 0 Å². The average molecular weight is 150 g/mol. The van der Waals surface area contributed by atoms with Crippen molar-refractivity contribution in [2.75, 3.05) is 0 Å². The lowest BCUT2D eigenvalue weighted by atomic mass is 10.1. The number of rotatable bonds is 0. The molecule has 0 aliphatic carbocycles. The Hall–Kier alpha value is -0.430. The minimum absolute atomic E-state index is 0.789. The summed E-state index contributed by atoms with van der Waals surface area (Å²) in [6.07, 6.45) is 1.25. The van der Waals surface area contributed by atoms with Crippen molar-refractivity contribution < 1.29 is 0 Å². The van der Waals surface area contributed by atoms with Gasteiger partial charge in [0.05, 0.1) is 0 Å². The van der Waals surface area contributed by atoms with Crippen molar-refractivity contribution in [1.29, 1.82) is 0 Å². The van der Waals surface area contributed by atoms with E-state index in [9.17, 15) is 0 Å². The predicted molar refractivity (Wildman–Crippen MR) is 45.5 cm³/mol. The molecule has 1 aromatic rings. The fraction of sp³-hybridized carbons (Fsp3) is 0.333. The van der Waals surface area contributed by atoms with Crippen LogP contribution in [0.2, 0.25) is 0 Å². The number of benzene rings is 1. The highest BCUT2D eigenvalue weighted by atomic mass is 32.2. The Kier molecular flexibility index (Phi) is 1.46. The summed E-state index contributed by atoms with van der Waals surface area (Å²) in [5, 5.41) is 0.789. The molecule has 1 atom stereocenters. The largest absolute Gasteiger partial charge is 0.122 e. The predicted octanol–water partition coefficient (Wildman–Crippen LogP) is 2.72. The second-order valence-corrected chi connectivity index (χ2v) is 4.22. The summed E-state index contributed by atoms with van der Waals surface area (Å²) in [6, 6.07) is 8.68. The fourth-order valence-electron chi connectivity index (χ4n) is 1.36. The molecule has 0 saturated carbocycles. The molecule has 1 aliphatic rings. The van der Waals surface area contributed by atoms with Crippen LogP contribution >= 0.6 is 11.8 Å². The van der Waals surface area contributed by atoms with Gasteiger partial charge in [0, 0.05) is 10.1 Å². The van der Waals surface area contributed by atoms with Gasteiger partial charge >= 0.3 is 0 Å². The van der Waals surface area contributed by atoms with E-state index in [-0.39, 0.29) is 0 Å². The van der Waals surface area contributed by atoms with Crippen LogP contribution in [0.5, 0.6) is 0 Å². The van der Waals surface area contributed by atoms with Gasteiger partial charge in [-0.05, 0) is 18.1 Å². The van der Waals surface area contributed by atoms with Gasteiger partial charge < -0.3 is 0 Å². The first-order chi connectivity index (χ1) is 4.86. The number of hydrogen-bond acceptors (Lipinski definition) is 1. The van der Waals surface area contributed by atoms with Gasteiger partial charge in [0.25, 0.3) is 0 Å². The van der Waals surface area contributed by atoms with E-state index in [1.165, 1.54) is 16.9 Å². The summed E-state index contributed by atoms with van der Waals surface area (Å²) in [6.45, 7) is 2.28. The van der Waals surface area contributed by atoms with Gasteiger partial charge in [-0.25, -0.2) is 0 Å². The third-order valence-corrected chi connectivity index (χ3v) is 3.03. The van der Waals surface area contributed by atoms with E-state index in [0.29, 0.717) is 0 Å². The summed E-state index contributed by atoms with van der Waals surface area (Å²) in [4.78, 5) is 1.48. The molecule has 52 valence electrons. The Balaban J connectivity index is 2.42. The summed E-state index contributed by atoms with van der Waals surface area (Å²) >= 11 is 1.99. The second-order valence-electron chi connectivity index (χ2n) is 2.74. The van der Waals surface area contributed by atoms with E-state index >= 15 is 0 Å². The van der Waals surface area contributed by atoms with Crippen molar-refractivity contribution in [3.05, 3.63) is 29.8 Å². The van der Waals surface area contributed by atoms with Crippen LogP contribution in [-0.2, 0) is 6.42 Å². The van der Waals surface area contributed by atoms with E-state index in [2.05, 4.69) is 31.2 Å². The molecule has 0 saturated heterocycles. The maximum Gasteiger partial charge on any atom is 0.0107 e. The van der Waals surface area contributed by atoms with Crippen molar-refractivity contribution in [1.82, 2.24) is 0 Å². The normalized spacial score (nSPS) is 22.7. The molecule has 0 amide bonds. The monoisotopic (exact) mass is 150 g/mol. The summed E-state index contributed by atoms with van der Waals surface area (Å²) in [5.41, 5.74) is 1.53. The lowest BCUT2D eigenvalue weighted by molar-refractivity contribution is 0.960. The topological polar surface area (TPSA) is 0 Å². The molecule has 0 spiro atoms. The first kappa shape index (κ1) is 6.29. The van der Waals surface area contributed by atoms with E-state index < -0.39 is 0 Å². The smallest absolute Gasteiger partial charge is 0.0107 e. The number of hydrogen-bond donors (Lipinski definition) is 0. The van der Waals surface area contributed by atoms with Gasteiger partial charge in [-0.1, -0.05) is 25.1 Å². The van der Waals surface area contributed by atoms with E-state index in [0.717, 1.165) is 5.25 Å². The molecule has 1 aliphatic heterocycles. The standard InChI is InChI=1S/C9H10S/c1-7-6-8-4-2-3-5-9(8)10-7/h2-5,7H,6H2,1H3/t7-/m0/s1. The Morgan fingerprint density at radius 3 is 3.00 bits per heavy atom. The van der Waals surface area contributed by atoms with Gasteiger partial charge in [0.1, 0.15) is 0 Å². The highest BCUT2D eigenvalue weighted by molar-refractivity contribution is 8.00. The highest BCUT2D eigenvalue weighted by Crippen LogP contribution is 2.35. The molecule has 1 heteroatoms. The molecule has 10 heavy (non-hydrogen) atoms. The van der Waals surface area contributed by atoms with Crippen molar-refractivity contribution in [2.45, 2.75) is 23.5 Å². The van der Waals surface area contributed by atoms with E-state index in [4.69, 9.17) is 0 Å².